The van der Waals surface area contributed by atoms with Crippen LogP contribution in [-0.2, 0) is 20.0 Å². The van der Waals surface area contributed by atoms with Crippen LogP contribution < -0.4 is 10.1 Å². The molecule has 0 radical (unpaired) electrons. The number of hydrogen-bond acceptors (Lipinski definition) is 2. The smallest absolute Gasteiger partial charge is 0.290 e. The number of Topliss-reactive ketones (excluding diaryl/α,β-unsaturated/α-hetero) is 1. The van der Waals surface area contributed by atoms with Crippen LogP contribution in [-0.4, -0.2) is 10.4 Å². The first-order valence-electron chi connectivity index (χ1n) is 7.82. The quantitative estimate of drug-likeness (QED) is 0.435. The molecule has 2 aromatic carbocycles. The summed E-state index contributed by atoms with van der Waals surface area (Å²) < 4.78 is 4.52. The zero-order valence-electron chi connectivity index (χ0n) is 14.0. The first-order valence-corrected chi connectivity index (χ1v) is 8.61. The van der Waals surface area contributed by atoms with Crippen LogP contribution in [0.15, 0.2) is 57.8 Å². The lowest BCUT2D eigenvalue weighted by atomic mass is 10.1. The number of halogens is 2. The van der Waals surface area contributed by atoms with E-state index in [1.165, 1.54) is 0 Å². The Bertz CT molecular complexity index is 979. The number of aromatic nitrogens is 2. The van der Waals surface area contributed by atoms with Crippen molar-refractivity contribution in [3.63, 3.8) is 0 Å². The van der Waals surface area contributed by atoms with Crippen LogP contribution in [0, 0.1) is 0 Å². The molecule has 0 atom stereocenters. The molecule has 1 aromatic heterocycles. The third-order valence-electron chi connectivity index (χ3n) is 4.21. The molecule has 3 rings (SSSR count). The molecule has 0 aliphatic carbocycles. The van der Waals surface area contributed by atoms with Gasteiger partial charge in [0.05, 0.1) is 7.05 Å². The fourth-order valence-corrected chi connectivity index (χ4v) is 3.25. The molecular weight excluding hydrogens is 448 g/mol. The number of fused-ring (bicyclic) bond motifs is 1. The van der Waals surface area contributed by atoms with Gasteiger partial charge in [-0.2, -0.15) is 4.57 Å². The summed E-state index contributed by atoms with van der Waals surface area (Å²) in [5, 5.41) is 0.626. The van der Waals surface area contributed by atoms with Crippen molar-refractivity contribution in [2.75, 3.05) is 0 Å². The zero-order valence-corrected chi connectivity index (χ0v) is 17.3. The molecule has 0 aliphatic heterocycles. The lowest BCUT2D eigenvalue weighted by molar-refractivity contribution is -0.669. The predicted molar refractivity (Wildman–Crippen MR) is 108 cm³/mol. The number of para-hydroxylation sites is 1. The molecule has 25 heavy (non-hydrogen) atoms. The SMILES string of the molecule is Br.CCc1n(C)c(=O)c2ccccc2[n+]1CC(=O)c1ccc(Br)cc1. The van der Waals surface area contributed by atoms with E-state index in [2.05, 4.69) is 15.9 Å². The number of carbonyl (C=O) groups excluding carboxylic acids is 1. The van der Waals surface area contributed by atoms with Crippen LogP contribution in [0.1, 0.15) is 23.1 Å². The van der Waals surface area contributed by atoms with E-state index in [0.717, 1.165) is 15.8 Å². The maximum atomic E-state index is 12.7. The maximum absolute atomic E-state index is 12.7. The highest BCUT2D eigenvalue weighted by Crippen LogP contribution is 2.12. The molecule has 4 nitrogen and oxygen atoms in total. The second-order valence-corrected chi connectivity index (χ2v) is 6.58. The number of hydrogen-bond donors (Lipinski definition) is 0. The fraction of sp³-hybridized carbons (Fsp3) is 0.211. The van der Waals surface area contributed by atoms with Gasteiger partial charge in [-0.3, -0.25) is 4.79 Å². The molecule has 0 saturated carbocycles. The average Bonchev–Trinajstić information content (AvgIpc) is 2.60. The minimum absolute atomic E-state index is 0. The summed E-state index contributed by atoms with van der Waals surface area (Å²) >= 11 is 3.38. The van der Waals surface area contributed by atoms with Gasteiger partial charge in [0.15, 0.2) is 6.54 Å². The highest BCUT2D eigenvalue weighted by atomic mass is 79.9. The maximum Gasteiger partial charge on any atom is 0.345 e. The number of benzene rings is 2. The average molecular weight is 467 g/mol. The molecule has 0 N–H and O–H groups in total. The Morgan fingerprint density at radius 3 is 2.40 bits per heavy atom. The van der Waals surface area contributed by atoms with Crippen LogP contribution in [0.4, 0.5) is 0 Å². The molecule has 0 bridgehead atoms. The Labute approximate surface area is 165 Å². The van der Waals surface area contributed by atoms with Gasteiger partial charge in [-0.05, 0) is 24.3 Å². The van der Waals surface area contributed by atoms with Crippen molar-refractivity contribution >= 4 is 49.6 Å². The summed E-state index contributed by atoms with van der Waals surface area (Å²) in [4.78, 5) is 25.2. The fourth-order valence-electron chi connectivity index (χ4n) is 2.98. The molecule has 0 fully saturated rings. The van der Waals surface area contributed by atoms with Gasteiger partial charge < -0.3 is 0 Å². The molecule has 6 heteroatoms. The van der Waals surface area contributed by atoms with Gasteiger partial charge >= 0.3 is 5.56 Å². The van der Waals surface area contributed by atoms with Crippen LogP contribution in [0.2, 0.25) is 0 Å². The number of nitrogens with zero attached hydrogens (tertiary/aromatic N) is 2. The normalized spacial score (nSPS) is 10.5. The summed E-state index contributed by atoms with van der Waals surface area (Å²) in [7, 11) is 1.76. The Kier molecular flexibility index (Phi) is 6.30. The highest BCUT2D eigenvalue weighted by molar-refractivity contribution is 9.10. The largest absolute Gasteiger partial charge is 0.345 e. The topological polar surface area (TPSA) is 43.0 Å². The highest BCUT2D eigenvalue weighted by Gasteiger charge is 2.22. The summed E-state index contributed by atoms with van der Waals surface area (Å²) in [5.74, 6) is 0.857. The van der Waals surface area contributed by atoms with Crippen molar-refractivity contribution < 1.29 is 9.36 Å². The van der Waals surface area contributed by atoms with Crippen molar-refractivity contribution in [2.45, 2.75) is 19.9 Å². The van der Waals surface area contributed by atoms with E-state index in [1.54, 1.807) is 17.7 Å². The van der Waals surface area contributed by atoms with E-state index in [-0.39, 0.29) is 34.9 Å². The summed E-state index contributed by atoms with van der Waals surface area (Å²) in [6.07, 6.45) is 0.671. The van der Waals surface area contributed by atoms with Crippen LogP contribution in [0.3, 0.4) is 0 Å². The van der Waals surface area contributed by atoms with Crippen LogP contribution in [0.25, 0.3) is 10.9 Å². The third kappa shape index (κ3) is 3.75. The lowest BCUT2D eigenvalue weighted by Gasteiger charge is -2.11. The summed E-state index contributed by atoms with van der Waals surface area (Å²) in [6.45, 7) is 2.20. The number of carbonyl (C=O) groups is 1. The van der Waals surface area contributed by atoms with Gasteiger partial charge in [-0.1, -0.05) is 47.1 Å². The van der Waals surface area contributed by atoms with Crippen LogP contribution in [0.5, 0.6) is 0 Å². The molecule has 1 heterocycles. The second-order valence-electron chi connectivity index (χ2n) is 5.67. The predicted octanol–water partition coefficient (Wildman–Crippen LogP) is 3.61. The van der Waals surface area contributed by atoms with Gasteiger partial charge in [0.2, 0.25) is 5.78 Å². The minimum Gasteiger partial charge on any atom is -0.290 e. The van der Waals surface area contributed by atoms with Gasteiger partial charge in [0.1, 0.15) is 10.9 Å². The van der Waals surface area contributed by atoms with E-state index in [0.29, 0.717) is 17.4 Å². The third-order valence-corrected chi connectivity index (χ3v) is 4.74. The van der Waals surface area contributed by atoms with E-state index in [4.69, 9.17) is 0 Å². The van der Waals surface area contributed by atoms with Crippen molar-refractivity contribution in [3.05, 3.63) is 74.7 Å². The zero-order chi connectivity index (χ0) is 17.3. The van der Waals surface area contributed by atoms with E-state index in [9.17, 15) is 9.59 Å². The molecule has 0 amide bonds. The molecular formula is C19H19Br2N2O2+. The standard InChI is InChI=1S/C19H18BrN2O2.BrH/c1-3-18-21(2)19(24)15-6-4-5-7-16(15)22(18)12-17(23)13-8-10-14(20)11-9-13;/h4-11H,3,12H2,1-2H3;1H/q+1;. The Hall–Kier alpha value is -1.79. The van der Waals surface area contributed by atoms with E-state index >= 15 is 0 Å². The molecule has 0 spiro atoms. The Balaban J connectivity index is 0.00000225. The molecule has 3 aromatic rings. The Morgan fingerprint density at radius 2 is 1.76 bits per heavy atom. The monoisotopic (exact) mass is 465 g/mol. The van der Waals surface area contributed by atoms with Crippen LogP contribution >= 0.6 is 32.9 Å². The summed E-state index contributed by atoms with van der Waals surface area (Å²) in [5.41, 5.74) is 1.42. The molecule has 0 unspecified atom stereocenters. The van der Waals surface area contributed by atoms with E-state index < -0.39 is 0 Å². The van der Waals surface area contributed by atoms with Crippen molar-refractivity contribution in [1.82, 2.24) is 4.57 Å². The first kappa shape index (κ1) is 19.5. The van der Waals surface area contributed by atoms with Gasteiger partial charge in [0, 0.05) is 16.5 Å². The van der Waals surface area contributed by atoms with Crippen molar-refractivity contribution in [1.29, 1.82) is 0 Å². The molecule has 0 saturated heterocycles. The number of rotatable bonds is 4. The van der Waals surface area contributed by atoms with Gasteiger partial charge in [-0.15, -0.1) is 17.0 Å². The molecule has 130 valence electrons. The second kappa shape index (κ2) is 8.06. The summed E-state index contributed by atoms with van der Waals surface area (Å²) in [6, 6.07) is 14.8. The van der Waals surface area contributed by atoms with Gasteiger partial charge in [0.25, 0.3) is 5.82 Å². The van der Waals surface area contributed by atoms with E-state index in [1.807, 2.05) is 54.0 Å². The van der Waals surface area contributed by atoms with Crippen molar-refractivity contribution in [3.8, 4) is 0 Å². The van der Waals surface area contributed by atoms with Gasteiger partial charge in [-0.25, -0.2) is 9.36 Å². The van der Waals surface area contributed by atoms with Crippen molar-refractivity contribution in [2.24, 2.45) is 7.05 Å². The molecule has 0 aliphatic rings. The number of ketones is 1. The minimum atomic E-state index is -0.0326. The first-order chi connectivity index (χ1) is 11.5. The lowest BCUT2D eigenvalue weighted by Crippen LogP contribution is -2.48. The Morgan fingerprint density at radius 1 is 1.12 bits per heavy atom.